The van der Waals surface area contributed by atoms with Gasteiger partial charge in [-0.05, 0) is 24.6 Å². The lowest BCUT2D eigenvalue weighted by atomic mass is 10.2. The molecule has 0 radical (unpaired) electrons. The topological polar surface area (TPSA) is 88.1 Å². The molecule has 0 atom stereocenters. The number of benzene rings is 1. The lowest BCUT2D eigenvalue weighted by Crippen LogP contribution is -2.19. The molecule has 1 rings (SSSR count). The molecule has 0 fully saturated rings. The first-order chi connectivity index (χ1) is 8.17. The molecule has 1 amide bonds. The number of amides is 1. The van der Waals surface area contributed by atoms with E-state index in [4.69, 9.17) is 15.7 Å². The number of anilines is 2. The molecule has 17 heavy (non-hydrogen) atoms. The first kappa shape index (κ1) is 13.0. The van der Waals surface area contributed by atoms with Crippen LogP contribution >= 0.6 is 0 Å². The summed E-state index contributed by atoms with van der Waals surface area (Å²) in [4.78, 5) is 11.4. The van der Waals surface area contributed by atoms with Crippen molar-refractivity contribution in [2.24, 2.45) is 0 Å². The van der Waals surface area contributed by atoms with Crippen LogP contribution in [0.3, 0.4) is 0 Å². The van der Waals surface area contributed by atoms with Gasteiger partial charge in [0.1, 0.15) is 6.61 Å². The quantitative estimate of drug-likeness (QED) is 0.596. The van der Waals surface area contributed by atoms with Crippen LogP contribution in [0.4, 0.5) is 11.4 Å². The highest BCUT2D eigenvalue weighted by Gasteiger charge is 2.05. The molecule has 0 aliphatic heterocycles. The van der Waals surface area contributed by atoms with Gasteiger partial charge in [0.25, 0.3) is 0 Å². The number of nitrogens with one attached hydrogen (secondary N) is 1. The lowest BCUT2D eigenvalue weighted by molar-refractivity contribution is -0.120. The predicted molar refractivity (Wildman–Crippen MR) is 65.3 cm³/mol. The summed E-state index contributed by atoms with van der Waals surface area (Å²) in [5.74, 6) is -0.255. The highest BCUT2D eigenvalue weighted by Crippen LogP contribution is 2.19. The van der Waals surface area contributed by atoms with E-state index in [9.17, 15) is 4.79 Å². The number of nitrogens with two attached hydrogens (primary N) is 1. The summed E-state index contributed by atoms with van der Waals surface area (Å²) in [6.45, 7) is 2.53. The Kier molecular flexibility index (Phi) is 4.98. The van der Waals surface area contributed by atoms with Crippen LogP contribution in [0.2, 0.25) is 0 Å². The molecule has 0 saturated carbocycles. The molecule has 5 heteroatoms. The second-order valence-electron chi connectivity index (χ2n) is 3.51. The van der Waals surface area contributed by atoms with E-state index in [2.05, 4.69) is 5.32 Å². The number of carbonyl (C=O) groups is 1. The SMILES string of the molecule is CCCOCC(=O)Nc1ccc(C#N)cc1N. The van der Waals surface area contributed by atoms with Crippen molar-refractivity contribution in [3.63, 3.8) is 0 Å². The molecule has 0 heterocycles. The summed E-state index contributed by atoms with van der Waals surface area (Å²) in [5, 5.41) is 11.3. The van der Waals surface area contributed by atoms with Crippen molar-refractivity contribution >= 4 is 17.3 Å². The molecular weight excluding hydrogens is 218 g/mol. The summed E-state index contributed by atoms with van der Waals surface area (Å²) in [6, 6.07) is 6.69. The van der Waals surface area contributed by atoms with Gasteiger partial charge >= 0.3 is 0 Å². The number of hydrogen-bond donors (Lipinski definition) is 2. The van der Waals surface area contributed by atoms with Gasteiger partial charge in [0.05, 0.1) is 23.0 Å². The van der Waals surface area contributed by atoms with Crippen molar-refractivity contribution in [2.75, 3.05) is 24.3 Å². The maximum absolute atomic E-state index is 11.4. The van der Waals surface area contributed by atoms with E-state index in [0.717, 1.165) is 6.42 Å². The summed E-state index contributed by atoms with van der Waals surface area (Å²) in [7, 11) is 0. The number of nitrogens with zero attached hydrogens (tertiary/aromatic N) is 1. The molecule has 0 saturated heterocycles. The van der Waals surface area contributed by atoms with Gasteiger partial charge in [-0.25, -0.2) is 0 Å². The summed E-state index contributed by atoms with van der Waals surface area (Å²) in [5.41, 5.74) is 7.02. The number of carbonyl (C=O) groups excluding carboxylic acids is 1. The zero-order valence-corrected chi connectivity index (χ0v) is 9.69. The predicted octanol–water partition coefficient (Wildman–Crippen LogP) is 1.51. The minimum Gasteiger partial charge on any atom is -0.397 e. The largest absolute Gasteiger partial charge is 0.397 e. The molecule has 1 aromatic carbocycles. The molecule has 0 aliphatic rings. The zero-order chi connectivity index (χ0) is 12.7. The van der Waals surface area contributed by atoms with Crippen LogP contribution in [0, 0.1) is 11.3 Å². The van der Waals surface area contributed by atoms with Crippen LogP contribution in [-0.2, 0) is 9.53 Å². The average molecular weight is 233 g/mol. The van der Waals surface area contributed by atoms with Gasteiger partial charge in [0, 0.05) is 6.61 Å². The zero-order valence-electron chi connectivity index (χ0n) is 9.69. The highest BCUT2D eigenvalue weighted by atomic mass is 16.5. The average Bonchev–Trinajstić information content (AvgIpc) is 2.32. The first-order valence-corrected chi connectivity index (χ1v) is 5.34. The number of ether oxygens (including phenoxy) is 1. The number of rotatable bonds is 5. The number of hydrogen-bond acceptors (Lipinski definition) is 4. The fraction of sp³-hybridized carbons (Fsp3) is 0.333. The van der Waals surface area contributed by atoms with Crippen LogP contribution in [0.1, 0.15) is 18.9 Å². The molecule has 0 aromatic heterocycles. The molecule has 3 N–H and O–H groups in total. The van der Waals surface area contributed by atoms with E-state index in [1.165, 1.54) is 6.07 Å². The molecule has 0 spiro atoms. The third-order valence-electron chi connectivity index (χ3n) is 2.04. The highest BCUT2D eigenvalue weighted by molar-refractivity contribution is 5.94. The van der Waals surface area contributed by atoms with Crippen LogP contribution in [0.15, 0.2) is 18.2 Å². The minimum atomic E-state index is -0.255. The Morgan fingerprint density at radius 2 is 2.35 bits per heavy atom. The first-order valence-electron chi connectivity index (χ1n) is 5.34. The van der Waals surface area contributed by atoms with Crippen LogP contribution in [0.25, 0.3) is 0 Å². The van der Waals surface area contributed by atoms with E-state index in [1.54, 1.807) is 12.1 Å². The summed E-state index contributed by atoms with van der Waals surface area (Å²) < 4.78 is 5.10. The Morgan fingerprint density at radius 1 is 1.59 bits per heavy atom. The van der Waals surface area contributed by atoms with Crippen molar-refractivity contribution < 1.29 is 9.53 Å². The Hall–Kier alpha value is -2.06. The van der Waals surface area contributed by atoms with E-state index in [1.807, 2.05) is 13.0 Å². The van der Waals surface area contributed by atoms with Gasteiger partial charge in [-0.1, -0.05) is 6.92 Å². The van der Waals surface area contributed by atoms with E-state index < -0.39 is 0 Å². The van der Waals surface area contributed by atoms with Crippen LogP contribution in [0.5, 0.6) is 0 Å². The molecule has 5 nitrogen and oxygen atoms in total. The van der Waals surface area contributed by atoms with Crippen LogP contribution in [-0.4, -0.2) is 19.1 Å². The number of nitriles is 1. The normalized spacial score (nSPS) is 9.65. The van der Waals surface area contributed by atoms with Crippen molar-refractivity contribution in [2.45, 2.75) is 13.3 Å². The molecular formula is C12H15N3O2. The van der Waals surface area contributed by atoms with Crippen molar-refractivity contribution in [3.8, 4) is 6.07 Å². The van der Waals surface area contributed by atoms with E-state index in [-0.39, 0.29) is 12.5 Å². The Bertz CT molecular complexity index is 438. The van der Waals surface area contributed by atoms with Gasteiger partial charge in [0.2, 0.25) is 5.91 Å². The fourth-order valence-electron chi connectivity index (χ4n) is 1.24. The number of nitrogen functional groups attached to an aromatic ring is 1. The minimum absolute atomic E-state index is 0.00722. The van der Waals surface area contributed by atoms with Gasteiger partial charge in [-0.3, -0.25) is 4.79 Å². The molecule has 1 aromatic rings. The Balaban J connectivity index is 2.57. The van der Waals surface area contributed by atoms with Gasteiger partial charge in [-0.2, -0.15) is 5.26 Å². The third-order valence-corrected chi connectivity index (χ3v) is 2.04. The molecule has 0 unspecified atom stereocenters. The van der Waals surface area contributed by atoms with Gasteiger partial charge in [-0.15, -0.1) is 0 Å². The monoisotopic (exact) mass is 233 g/mol. The molecule has 0 aliphatic carbocycles. The standard InChI is InChI=1S/C12H15N3O2/c1-2-5-17-8-12(16)15-11-4-3-9(7-13)6-10(11)14/h3-4,6H,2,5,8,14H2,1H3,(H,15,16). The summed E-state index contributed by atoms with van der Waals surface area (Å²) >= 11 is 0. The van der Waals surface area contributed by atoms with Crippen LogP contribution < -0.4 is 11.1 Å². The molecule has 90 valence electrons. The fourth-order valence-corrected chi connectivity index (χ4v) is 1.24. The second-order valence-corrected chi connectivity index (χ2v) is 3.51. The van der Waals surface area contributed by atoms with Crippen molar-refractivity contribution in [3.05, 3.63) is 23.8 Å². The molecule has 0 bridgehead atoms. The van der Waals surface area contributed by atoms with Gasteiger partial charge in [0.15, 0.2) is 0 Å². The van der Waals surface area contributed by atoms with Gasteiger partial charge < -0.3 is 15.8 Å². The Labute approximate surface area is 100 Å². The van der Waals surface area contributed by atoms with E-state index >= 15 is 0 Å². The van der Waals surface area contributed by atoms with Crippen molar-refractivity contribution in [1.29, 1.82) is 5.26 Å². The summed E-state index contributed by atoms with van der Waals surface area (Å²) in [6.07, 6.45) is 0.867. The maximum atomic E-state index is 11.4. The third kappa shape index (κ3) is 4.13. The Morgan fingerprint density at radius 3 is 2.94 bits per heavy atom. The smallest absolute Gasteiger partial charge is 0.250 e. The van der Waals surface area contributed by atoms with E-state index in [0.29, 0.717) is 23.5 Å². The lowest BCUT2D eigenvalue weighted by Gasteiger charge is -2.08. The second kappa shape index (κ2) is 6.51. The maximum Gasteiger partial charge on any atom is 0.250 e. The van der Waals surface area contributed by atoms with Crippen molar-refractivity contribution in [1.82, 2.24) is 0 Å².